The third kappa shape index (κ3) is 1.87. The van der Waals surface area contributed by atoms with Crippen molar-refractivity contribution in [2.45, 2.75) is 64.0 Å². The van der Waals surface area contributed by atoms with Crippen LogP contribution in [0.1, 0.15) is 52.8 Å². The van der Waals surface area contributed by atoms with Crippen molar-refractivity contribution in [2.75, 3.05) is 0 Å². The molecule has 1 aliphatic rings. The SMILES string of the molecule is CC1(c2nc3ccccc3n2C(C)(C)C)CCCC1N. The van der Waals surface area contributed by atoms with Crippen LogP contribution in [-0.2, 0) is 11.0 Å². The first kappa shape index (κ1) is 13.6. The lowest BCUT2D eigenvalue weighted by molar-refractivity contribution is 0.327. The van der Waals surface area contributed by atoms with Crippen molar-refractivity contribution in [3.63, 3.8) is 0 Å². The van der Waals surface area contributed by atoms with Gasteiger partial charge < -0.3 is 10.3 Å². The largest absolute Gasteiger partial charge is 0.327 e. The van der Waals surface area contributed by atoms with Gasteiger partial charge in [-0.2, -0.15) is 0 Å². The zero-order valence-corrected chi connectivity index (χ0v) is 13.0. The van der Waals surface area contributed by atoms with Crippen molar-refractivity contribution in [1.29, 1.82) is 0 Å². The van der Waals surface area contributed by atoms with E-state index in [-0.39, 0.29) is 17.0 Å². The lowest BCUT2D eigenvalue weighted by atomic mass is 9.83. The Morgan fingerprint density at radius 2 is 2.00 bits per heavy atom. The van der Waals surface area contributed by atoms with Crippen LogP contribution in [0.3, 0.4) is 0 Å². The van der Waals surface area contributed by atoms with E-state index in [2.05, 4.69) is 56.5 Å². The monoisotopic (exact) mass is 271 g/mol. The van der Waals surface area contributed by atoms with Crippen molar-refractivity contribution < 1.29 is 0 Å². The Labute approximate surface area is 121 Å². The number of aromatic nitrogens is 2. The molecule has 1 fully saturated rings. The summed E-state index contributed by atoms with van der Waals surface area (Å²) < 4.78 is 2.40. The fourth-order valence-electron chi connectivity index (χ4n) is 3.56. The molecular formula is C17H25N3. The van der Waals surface area contributed by atoms with E-state index < -0.39 is 0 Å². The summed E-state index contributed by atoms with van der Waals surface area (Å²) >= 11 is 0. The highest BCUT2D eigenvalue weighted by Crippen LogP contribution is 2.42. The van der Waals surface area contributed by atoms with Gasteiger partial charge in [-0.15, -0.1) is 0 Å². The normalized spacial score (nSPS) is 27.4. The second-order valence-electron chi connectivity index (χ2n) is 7.35. The van der Waals surface area contributed by atoms with Crippen molar-refractivity contribution in [1.82, 2.24) is 9.55 Å². The van der Waals surface area contributed by atoms with Crippen molar-refractivity contribution in [3.8, 4) is 0 Å². The molecule has 0 radical (unpaired) electrons. The zero-order chi connectivity index (χ0) is 14.5. The molecule has 0 amide bonds. The minimum absolute atomic E-state index is 0.00764. The van der Waals surface area contributed by atoms with Gasteiger partial charge in [0, 0.05) is 17.0 Å². The summed E-state index contributed by atoms with van der Waals surface area (Å²) in [5, 5.41) is 0. The molecule has 2 unspecified atom stereocenters. The van der Waals surface area contributed by atoms with Crippen molar-refractivity contribution in [2.24, 2.45) is 5.73 Å². The van der Waals surface area contributed by atoms with Crippen LogP contribution < -0.4 is 5.73 Å². The summed E-state index contributed by atoms with van der Waals surface area (Å²) in [5.74, 6) is 1.16. The number of nitrogens with two attached hydrogens (primary N) is 1. The van der Waals surface area contributed by atoms with Crippen LogP contribution in [-0.4, -0.2) is 15.6 Å². The molecule has 1 aromatic heterocycles. The number of benzene rings is 1. The highest BCUT2D eigenvalue weighted by Gasteiger charge is 2.43. The van der Waals surface area contributed by atoms with Crippen LogP contribution in [0, 0.1) is 0 Å². The fraction of sp³-hybridized carbons (Fsp3) is 0.588. The van der Waals surface area contributed by atoms with E-state index in [9.17, 15) is 0 Å². The Bertz CT molecular complexity index is 635. The molecule has 1 aliphatic carbocycles. The van der Waals surface area contributed by atoms with E-state index in [0.29, 0.717) is 0 Å². The van der Waals surface area contributed by atoms with Gasteiger partial charge in [-0.25, -0.2) is 4.98 Å². The summed E-state index contributed by atoms with van der Waals surface area (Å²) in [6.07, 6.45) is 3.43. The first-order chi connectivity index (χ1) is 9.34. The first-order valence-electron chi connectivity index (χ1n) is 7.58. The molecule has 1 aromatic carbocycles. The smallest absolute Gasteiger partial charge is 0.117 e. The molecule has 2 aromatic rings. The number of rotatable bonds is 1. The number of imidazole rings is 1. The highest BCUT2D eigenvalue weighted by molar-refractivity contribution is 5.76. The molecule has 0 bridgehead atoms. The van der Waals surface area contributed by atoms with Gasteiger partial charge in [-0.1, -0.05) is 25.5 Å². The Kier molecular flexibility index (Phi) is 2.94. The molecule has 0 saturated heterocycles. The van der Waals surface area contributed by atoms with Crippen LogP contribution in [0.2, 0.25) is 0 Å². The molecule has 108 valence electrons. The van der Waals surface area contributed by atoms with Gasteiger partial charge in [-0.3, -0.25) is 0 Å². The Morgan fingerprint density at radius 1 is 1.30 bits per heavy atom. The second kappa shape index (κ2) is 4.32. The van der Waals surface area contributed by atoms with Crippen molar-refractivity contribution in [3.05, 3.63) is 30.1 Å². The lowest BCUT2D eigenvalue weighted by Crippen LogP contribution is -2.42. The predicted octanol–water partition coefficient (Wildman–Crippen LogP) is 3.56. The molecule has 3 rings (SSSR count). The number of nitrogens with zero attached hydrogens (tertiary/aromatic N) is 2. The molecule has 1 saturated carbocycles. The standard InChI is InChI=1S/C17H25N3/c1-16(2,3)20-13-9-6-5-8-12(13)19-15(20)17(4)11-7-10-14(17)18/h5-6,8-9,14H,7,10-11,18H2,1-4H3. The van der Waals surface area contributed by atoms with E-state index in [1.807, 2.05) is 0 Å². The van der Waals surface area contributed by atoms with Gasteiger partial charge in [0.05, 0.1) is 11.0 Å². The maximum Gasteiger partial charge on any atom is 0.117 e. The van der Waals surface area contributed by atoms with E-state index in [4.69, 9.17) is 10.7 Å². The molecule has 3 nitrogen and oxygen atoms in total. The molecule has 2 atom stereocenters. The van der Waals surface area contributed by atoms with Gasteiger partial charge in [0.2, 0.25) is 0 Å². The number of para-hydroxylation sites is 2. The summed E-state index contributed by atoms with van der Waals surface area (Å²) in [6.45, 7) is 9.02. The van der Waals surface area contributed by atoms with Crippen LogP contribution in [0.15, 0.2) is 24.3 Å². The van der Waals surface area contributed by atoms with Crippen molar-refractivity contribution >= 4 is 11.0 Å². The van der Waals surface area contributed by atoms with Gasteiger partial charge in [0.15, 0.2) is 0 Å². The van der Waals surface area contributed by atoms with E-state index in [1.54, 1.807) is 0 Å². The molecule has 20 heavy (non-hydrogen) atoms. The molecular weight excluding hydrogens is 246 g/mol. The van der Waals surface area contributed by atoms with Crippen LogP contribution in [0.4, 0.5) is 0 Å². The van der Waals surface area contributed by atoms with Gasteiger partial charge in [0.1, 0.15) is 5.82 Å². The maximum atomic E-state index is 6.43. The highest BCUT2D eigenvalue weighted by atomic mass is 15.1. The van der Waals surface area contributed by atoms with Gasteiger partial charge >= 0.3 is 0 Å². The van der Waals surface area contributed by atoms with Crippen LogP contribution >= 0.6 is 0 Å². The lowest BCUT2D eigenvalue weighted by Gasteiger charge is -2.34. The molecule has 1 heterocycles. The predicted molar refractivity (Wildman–Crippen MR) is 83.9 cm³/mol. The van der Waals surface area contributed by atoms with Gasteiger partial charge in [-0.05, 0) is 45.7 Å². The Balaban J connectivity index is 2.30. The molecule has 2 N–H and O–H groups in total. The number of fused-ring (bicyclic) bond motifs is 1. The topological polar surface area (TPSA) is 43.8 Å². The summed E-state index contributed by atoms with van der Waals surface area (Å²) in [6, 6.07) is 8.63. The summed E-state index contributed by atoms with van der Waals surface area (Å²) in [5.41, 5.74) is 8.73. The minimum atomic E-state index is -0.00764. The quantitative estimate of drug-likeness (QED) is 0.862. The second-order valence-corrected chi connectivity index (χ2v) is 7.35. The zero-order valence-electron chi connectivity index (χ0n) is 13.0. The number of hydrogen-bond donors (Lipinski definition) is 1. The number of hydrogen-bond acceptors (Lipinski definition) is 2. The average Bonchev–Trinajstić information content (AvgIpc) is 2.91. The Morgan fingerprint density at radius 3 is 2.60 bits per heavy atom. The van der Waals surface area contributed by atoms with E-state index >= 15 is 0 Å². The van der Waals surface area contributed by atoms with Crippen LogP contribution in [0.25, 0.3) is 11.0 Å². The fourth-order valence-corrected chi connectivity index (χ4v) is 3.56. The average molecular weight is 271 g/mol. The minimum Gasteiger partial charge on any atom is -0.327 e. The summed E-state index contributed by atoms with van der Waals surface area (Å²) in [4.78, 5) is 4.97. The van der Waals surface area contributed by atoms with Crippen LogP contribution in [0.5, 0.6) is 0 Å². The molecule has 3 heteroatoms. The maximum absolute atomic E-state index is 6.43. The Hall–Kier alpha value is -1.35. The third-order valence-electron chi connectivity index (χ3n) is 4.77. The van der Waals surface area contributed by atoms with Gasteiger partial charge in [0.25, 0.3) is 0 Å². The third-order valence-corrected chi connectivity index (χ3v) is 4.77. The van der Waals surface area contributed by atoms with E-state index in [0.717, 1.165) is 24.2 Å². The first-order valence-corrected chi connectivity index (χ1v) is 7.58. The van der Waals surface area contributed by atoms with E-state index in [1.165, 1.54) is 11.9 Å². The molecule has 0 aliphatic heterocycles. The summed E-state index contributed by atoms with van der Waals surface area (Å²) in [7, 11) is 0. The molecule has 0 spiro atoms.